The van der Waals surface area contributed by atoms with Gasteiger partial charge < -0.3 is 20.0 Å². The van der Waals surface area contributed by atoms with E-state index in [4.69, 9.17) is 4.74 Å². The molecule has 0 saturated heterocycles. The third-order valence-electron chi connectivity index (χ3n) is 2.09. The van der Waals surface area contributed by atoms with E-state index >= 15 is 0 Å². The molecule has 5 nitrogen and oxygen atoms in total. The molecule has 6 heteroatoms. The Morgan fingerprint density at radius 2 is 2.11 bits per heavy atom. The molecule has 1 amide bonds. The third kappa shape index (κ3) is 4.77. The van der Waals surface area contributed by atoms with Gasteiger partial charge in [-0.3, -0.25) is 4.79 Å². The van der Waals surface area contributed by atoms with Crippen LogP contribution in [0.1, 0.15) is 10.4 Å². The van der Waals surface area contributed by atoms with Crippen LogP contribution in [-0.2, 0) is 9.53 Å². The number of rotatable bonds is 7. The number of nitrogens with one attached hydrogen (secondary N) is 1. The summed E-state index contributed by atoms with van der Waals surface area (Å²) < 4.78 is 4.80. The van der Waals surface area contributed by atoms with Crippen LogP contribution in [0, 0.1) is 0 Å². The summed E-state index contributed by atoms with van der Waals surface area (Å²) in [5.41, 5.74) is 0.104. The molecule has 1 N–H and O–H groups in total. The Morgan fingerprint density at radius 3 is 2.78 bits per heavy atom. The smallest absolute Gasteiger partial charge is 0.230 e. The minimum Gasteiger partial charge on any atom is -0.545 e. The van der Waals surface area contributed by atoms with Crippen molar-refractivity contribution in [1.29, 1.82) is 0 Å². The Morgan fingerprint density at radius 1 is 1.39 bits per heavy atom. The molecule has 0 radical (unpaired) electrons. The maximum Gasteiger partial charge on any atom is 0.230 e. The molecule has 0 heterocycles. The van der Waals surface area contributed by atoms with Crippen molar-refractivity contribution >= 4 is 23.6 Å². The van der Waals surface area contributed by atoms with Crippen molar-refractivity contribution in [3.63, 3.8) is 0 Å². The van der Waals surface area contributed by atoms with Gasteiger partial charge in [-0.2, -0.15) is 0 Å². The molecular weight excluding hydrogens is 254 g/mol. The molecule has 0 bridgehead atoms. The van der Waals surface area contributed by atoms with Gasteiger partial charge in [0.15, 0.2) is 0 Å². The van der Waals surface area contributed by atoms with Gasteiger partial charge in [-0.05, 0) is 6.07 Å². The Balaban J connectivity index is 2.48. The molecule has 0 spiro atoms. The maximum absolute atomic E-state index is 11.4. The second-order valence-corrected chi connectivity index (χ2v) is 4.43. The van der Waals surface area contributed by atoms with Gasteiger partial charge >= 0.3 is 0 Å². The first-order valence-electron chi connectivity index (χ1n) is 5.34. The zero-order valence-corrected chi connectivity index (χ0v) is 10.8. The summed E-state index contributed by atoms with van der Waals surface area (Å²) in [5.74, 6) is -1.24. The number of benzene rings is 1. The molecule has 98 valence electrons. The molecule has 0 aliphatic heterocycles. The molecule has 0 saturated carbocycles. The van der Waals surface area contributed by atoms with E-state index in [1.807, 2.05) is 0 Å². The highest BCUT2D eigenvalue weighted by Crippen LogP contribution is 2.21. The number of carbonyl (C=O) groups excluding carboxylic acids is 2. The van der Waals surface area contributed by atoms with Crippen LogP contribution in [0.4, 0.5) is 0 Å². The topological polar surface area (TPSA) is 78.5 Å². The van der Waals surface area contributed by atoms with E-state index in [0.717, 1.165) is 0 Å². The summed E-state index contributed by atoms with van der Waals surface area (Å²) in [6, 6.07) is 6.45. The summed E-state index contributed by atoms with van der Waals surface area (Å²) in [5, 5.41) is 13.5. The molecule has 1 aromatic rings. The van der Waals surface area contributed by atoms with Crippen molar-refractivity contribution in [1.82, 2.24) is 5.32 Å². The fourth-order valence-electron chi connectivity index (χ4n) is 1.25. The van der Waals surface area contributed by atoms with Crippen LogP contribution in [0.2, 0.25) is 0 Å². The second kappa shape index (κ2) is 7.73. The van der Waals surface area contributed by atoms with Crippen molar-refractivity contribution in [2.24, 2.45) is 0 Å². The molecule has 1 aromatic carbocycles. The first-order valence-corrected chi connectivity index (χ1v) is 6.32. The van der Waals surface area contributed by atoms with Crippen molar-refractivity contribution < 1.29 is 19.4 Å². The van der Waals surface area contributed by atoms with Crippen LogP contribution in [0.3, 0.4) is 0 Å². The third-order valence-corrected chi connectivity index (χ3v) is 3.17. The molecule has 1 rings (SSSR count). The van der Waals surface area contributed by atoms with Gasteiger partial charge in [-0.25, -0.2) is 0 Å². The Bertz CT molecular complexity index is 422. The summed E-state index contributed by atoms with van der Waals surface area (Å²) in [4.78, 5) is 22.8. The van der Waals surface area contributed by atoms with Crippen molar-refractivity contribution in [3.05, 3.63) is 29.8 Å². The Labute approximate surface area is 110 Å². The van der Waals surface area contributed by atoms with E-state index in [2.05, 4.69) is 5.32 Å². The molecule has 0 aromatic heterocycles. The molecule has 0 unspecified atom stereocenters. The number of carboxylic acid groups (broad SMARTS) is 1. The van der Waals surface area contributed by atoms with Gasteiger partial charge in [0.05, 0.1) is 18.3 Å². The van der Waals surface area contributed by atoms with Crippen molar-refractivity contribution in [2.45, 2.75) is 4.90 Å². The molecular formula is C12H14NO4S-. The van der Waals surface area contributed by atoms with Crippen LogP contribution in [0.25, 0.3) is 0 Å². The van der Waals surface area contributed by atoms with Gasteiger partial charge in [0, 0.05) is 24.1 Å². The van der Waals surface area contributed by atoms with Gasteiger partial charge in [0.25, 0.3) is 0 Å². The summed E-state index contributed by atoms with van der Waals surface area (Å²) >= 11 is 1.17. The van der Waals surface area contributed by atoms with Crippen molar-refractivity contribution in [2.75, 3.05) is 26.0 Å². The van der Waals surface area contributed by atoms with Gasteiger partial charge in [-0.15, -0.1) is 11.8 Å². The van der Waals surface area contributed by atoms with E-state index in [0.29, 0.717) is 18.0 Å². The van der Waals surface area contributed by atoms with E-state index in [9.17, 15) is 14.7 Å². The average molecular weight is 268 g/mol. The number of carboxylic acids is 1. The highest BCUT2D eigenvalue weighted by Gasteiger charge is 2.06. The van der Waals surface area contributed by atoms with Gasteiger partial charge in [0.2, 0.25) is 5.91 Å². The summed E-state index contributed by atoms with van der Waals surface area (Å²) in [6.07, 6.45) is 0. The lowest BCUT2D eigenvalue weighted by molar-refractivity contribution is -0.255. The summed E-state index contributed by atoms with van der Waals surface area (Å²) in [6.45, 7) is 0.893. The monoisotopic (exact) mass is 268 g/mol. The fourth-order valence-corrected chi connectivity index (χ4v) is 2.12. The minimum absolute atomic E-state index is 0.104. The van der Waals surface area contributed by atoms with E-state index in [1.165, 1.54) is 17.8 Å². The number of hydrogen-bond donors (Lipinski definition) is 1. The lowest BCUT2D eigenvalue weighted by Gasteiger charge is -2.09. The number of hydrogen-bond acceptors (Lipinski definition) is 5. The second-order valence-electron chi connectivity index (χ2n) is 3.42. The standard InChI is InChI=1S/C12H15NO4S/c1-17-7-6-13-11(14)8-18-10-5-3-2-4-9(10)12(15)16/h2-5H,6-8H2,1H3,(H,13,14)(H,15,16)/p-1. The number of thioether (sulfide) groups is 1. The van der Waals surface area contributed by atoms with Gasteiger partial charge in [0.1, 0.15) is 0 Å². The highest BCUT2D eigenvalue weighted by atomic mass is 32.2. The quantitative estimate of drug-likeness (QED) is 0.552. The SMILES string of the molecule is COCCNC(=O)CSc1ccccc1C(=O)[O-]. The zero-order valence-electron chi connectivity index (χ0n) is 9.97. The minimum atomic E-state index is -1.24. The first-order chi connectivity index (χ1) is 8.65. The number of aromatic carboxylic acids is 1. The Hall–Kier alpha value is -1.53. The Kier molecular flexibility index (Phi) is 6.24. The molecule has 0 atom stereocenters. The largest absolute Gasteiger partial charge is 0.545 e. The first kappa shape index (κ1) is 14.5. The van der Waals surface area contributed by atoms with Crippen LogP contribution >= 0.6 is 11.8 Å². The predicted molar refractivity (Wildman–Crippen MR) is 66.4 cm³/mol. The van der Waals surface area contributed by atoms with Crippen LogP contribution in [0.5, 0.6) is 0 Å². The van der Waals surface area contributed by atoms with Gasteiger partial charge in [-0.1, -0.05) is 18.2 Å². The van der Waals surface area contributed by atoms with E-state index in [1.54, 1.807) is 25.3 Å². The summed E-state index contributed by atoms with van der Waals surface area (Å²) in [7, 11) is 1.55. The number of ether oxygens (including phenoxy) is 1. The lowest BCUT2D eigenvalue weighted by Crippen LogP contribution is -2.28. The molecule has 0 aliphatic rings. The lowest BCUT2D eigenvalue weighted by atomic mass is 10.2. The predicted octanol–water partition coefficient (Wildman–Crippen LogP) is -0.0952. The van der Waals surface area contributed by atoms with E-state index in [-0.39, 0.29) is 17.2 Å². The molecule has 0 fully saturated rings. The number of amides is 1. The average Bonchev–Trinajstić information content (AvgIpc) is 2.37. The highest BCUT2D eigenvalue weighted by molar-refractivity contribution is 8.00. The van der Waals surface area contributed by atoms with Crippen LogP contribution < -0.4 is 10.4 Å². The maximum atomic E-state index is 11.4. The fraction of sp³-hybridized carbons (Fsp3) is 0.333. The zero-order chi connectivity index (χ0) is 13.4. The number of methoxy groups -OCH3 is 1. The van der Waals surface area contributed by atoms with Crippen molar-refractivity contribution in [3.8, 4) is 0 Å². The normalized spacial score (nSPS) is 10.1. The van der Waals surface area contributed by atoms with E-state index < -0.39 is 5.97 Å². The van der Waals surface area contributed by atoms with Crippen LogP contribution in [0.15, 0.2) is 29.2 Å². The number of carbonyl (C=O) groups is 2. The molecule has 0 aliphatic carbocycles. The van der Waals surface area contributed by atoms with Crippen LogP contribution in [-0.4, -0.2) is 37.9 Å². The molecule has 18 heavy (non-hydrogen) atoms.